The summed E-state index contributed by atoms with van der Waals surface area (Å²) in [5.41, 5.74) is 4.33. The van der Waals surface area contributed by atoms with Gasteiger partial charge in [0.05, 0.1) is 17.8 Å². The fourth-order valence-corrected chi connectivity index (χ4v) is 2.73. The van der Waals surface area contributed by atoms with E-state index in [1.165, 1.54) is 0 Å². The minimum Gasteiger partial charge on any atom is -0.462 e. The highest BCUT2D eigenvalue weighted by atomic mass is 79.9. The van der Waals surface area contributed by atoms with E-state index in [1.807, 2.05) is 26.8 Å². The summed E-state index contributed by atoms with van der Waals surface area (Å²) in [7, 11) is 0. The van der Waals surface area contributed by atoms with Crippen LogP contribution in [0.4, 0.5) is 5.69 Å². The van der Waals surface area contributed by atoms with Gasteiger partial charge in [0.25, 0.3) is 0 Å². The number of aromatic nitrogens is 1. The molecule has 0 bridgehead atoms. The molecule has 0 amide bonds. The molecule has 4 nitrogen and oxygen atoms in total. The van der Waals surface area contributed by atoms with E-state index in [0.29, 0.717) is 12.2 Å². The van der Waals surface area contributed by atoms with Crippen molar-refractivity contribution in [1.29, 1.82) is 0 Å². The first-order chi connectivity index (χ1) is 10.0. The van der Waals surface area contributed by atoms with Crippen molar-refractivity contribution in [3.63, 3.8) is 0 Å². The molecule has 21 heavy (non-hydrogen) atoms. The minimum absolute atomic E-state index is 0.346. The van der Waals surface area contributed by atoms with Gasteiger partial charge in [0.2, 0.25) is 0 Å². The number of rotatable bonds is 4. The van der Waals surface area contributed by atoms with Gasteiger partial charge >= 0.3 is 5.97 Å². The molecule has 2 aromatic rings. The van der Waals surface area contributed by atoms with Crippen LogP contribution in [0.15, 0.2) is 16.7 Å². The van der Waals surface area contributed by atoms with E-state index in [-0.39, 0.29) is 5.97 Å². The number of nitrogens with one attached hydrogen (secondary N) is 1. The van der Waals surface area contributed by atoms with Crippen LogP contribution in [0, 0.1) is 13.8 Å². The van der Waals surface area contributed by atoms with Gasteiger partial charge in [0.1, 0.15) is 5.56 Å². The van der Waals surface area contributed by atoms with E-state index >= 15 is 0 Å². The highest BCUT2D eigenvalue weighted by Gasteiger charge is 2.19. The second-order valence-corrected chi connectivity index (χ2v) is 5.62. The number of esters is 1. The average Bonchev–Trinajstić information content (AvgIpc) is 2.45. The summed E-state index contributed by atoms with van der Waals surface area (Å²) in [6.07, 6.45) is 1.59. The fourth-order valence-electron chi connectivity index (χ4n) is 2.41. The van der Waals surface area contributed by atoms with Crippen LogP contribution in [0.25, 0.3) is 10.9 Å². The summed E-state index contributed by atoms with van der Waals surface area (Å²) in [5, 5.41) is 4.24. The predicted octanol–water partition coefficient (Wildman–Crippen LogP) is 4.22. The molecule has 112 valence electrons. The normalized spacial score (nSPS) is 10.7. The van der Waals surface area contributed by atoms with E-state index < -0.39 is 0 Å². The molecular weight excluding hydrogens is 332 g/mol. The first-order valence-corrected chi connectivity index (χ1v) is 7.79. The van der Waals surface area contributed by atoms with E-state index in [1.54, 1.807) is 13.1 Å². The first-order valence-electron chi connectivity index (χ1n) is 7.00. The molecular formula is C16H19BrN2O2. The Labute approximate surface area is 133 Å². The molecule has 0 aliphatic heterocycles. The molecule has 0 aliphatic rings. The smallest absolute Gasteiger partial charge is 0.341 e. The maximum absolute atomic E-state index is 12.1. The van der Waals surface area contributed by atoms with Crippen molar-refractivity contribution in [2.45, 2.75) is 27.7 Å². The lowest BCUT2D eigenvalue weighted by Crippen LogP contribution is -2.11. The number of aryl methyl sites for hydroxylation is 2. The Hall–Kier alpha value is -1.62. The molecule has 2 rings (SSSR count). The summed E-state index contributed by atoms with van der Waals surface area (Å²) >= 11 is 3.61. The van der Waals surface area contributed by atoms with Crippen LogP contribution in [-0.2, 0) is 4.74 Å². The third-order valence-corrected chi connectivity index (χ3v) is 4.58. The maximum atomic E-state index is 12.1. The minimum atomic E-state index is -0.348. The number of halogens is 1. The van der Waals surface area contributed by atoms with Crippen LogP contribution in [-0.4, -0.2) is 24.1 Å². The van der Waals surface area contributed by atoms with E-state index in [2.05, 4.69) is 26.2 Å². The number of carbonyl (C=O) groups excluding carboxylic acids is 1. The maximum Gasteiger partial charge on any atom is 0.341 e. The Morgan fingerprint density at radius 2 is 2.10 bits per heavy atom. The van der Waals surface area contributed by atoms with Crippen molar-refractivity contribution in [2.24, 2.45) is 0 Å². The van der Waals surface area contributed by atoms with Gasteiger partial charge in [0.15, 0.2) is 0 Å². The van der Waals surface area contributed by atoms with Crippen molar-refractivity contribution in [3.8, 4) is 0 Å². The van der Waals surface area contributed by atoms with Gasteiger partial charge in [-0.1, -0.05) is 15.9 Å². The average molecular weight is 351 g/mol. The Balaban J connectivity index is 2.78. The van der Waals surface area contributed by atoms with Gasteiger partial charge < -0.3 is 10.1 Å². The monoisotopic (exact) mass is 350 g/mol. The summed E-state index contributed by atoms with van der Waals surface area (Å²) in [6.45, 7) is 8.92. The Kier molecular flexibility index (Phi) is 4.83. The predicted molar refractivity (Wildman–Crippen MR) is 89.0 cm³/mol. The molecule has 5 heteroatoms. The molecule has 1 N–H and O–H groups in total. The van der Waals surface area contributed by atoms with Crippen LogP contribution in [0.2, 0.25) is 0 Å². The highest BCUT2D eigenvalue weighted by molar-refractivity contribution is 9.10. The number of pyridine rings is 1. The summed E-state index contributed by atoms with van der Waals surface area (Å²) in [6, 6.07) is 2.02. The number of hydrogen-bond donors (Lipinski definition) is 1. The van der Waals surface area contributed by atoms with E-state index in [4.69, 9.17) is 4.74 Å². The lowest BCUT2D eigenvalue weighted by molar-refractivity contribution is 0.0527. The lowest BCUT2D eigenvalue weighted by Gasteiger charge is -2.16. The number of benzene rings is 1. The molecule has 0 saturated heterocycles. The third-order valence-electron chi connectivity index (χ3n) is 3.36. The molecule has 0 atom stereocenters. The number of anilines is 1. The zero-order chi connectivity index (χ0) is 15.6. The van der Waals surface area contributed by atoms with Gasteiger partial charge in [-0.3, -0.25) is 4.98 Å². The second-order valence-electron chi connectivity index (χ2n) is 4.82. The SMILES string of the molecule is CCNc1c(C(=O)OCC)cnc2cc(C)c(Br)c(C)c12. The molecule has 1 aromatic heterocycles. The Bertz CT molecular complexity index is 698. The van der Waals surface area contributed by atoms with Crippen LogP contribution < -0.4 is 5.32 Å². The number of nitrogens with zero attached hydrogens (tertiary/aromatic N) is 1. The lowest BCUT2D eigenvalue weighted by atomic mass is 10.0. The molecule has 0 fully saturated rings. The second kappa shape index (κ2) is 6.43. The van der Waals surface area contributed by atoms with Gasteiger partial charge in [-0.05, 0) is 44.9 Å². The summed E-state index contributed by atoms with van der Waals surface area (Å²) < 4.78 is 6.17. The molecule has 1 aromatic carbocycles. The van der Waals surface area contributed by atoms with Crippen LogP contribution in [0.3, 0.4) is 0 Å². The molecule has 0 spiro atoms. The molecule has 0 aliphatic carbocycles. The van der Waals surface area contributed by atoms with E-state index in [0.717, 1.165) is 38.7 Å². The van der Waals surface area contributed by atoms with Crippen LogP contribution in [0.1, 0.15) is 35.3 Å². The van der Waals surface area contributed by atoms with Gasteiger partial charge in [0, 0.05) is 22.6 Å². The Morgan fingerprint density at radius 1 is 1.38 bits per heavy atom. The molecule has 1 heterocycles. The summed E-state index contributed by atoms with van der Waals surface area (Å²) in [4.78, 5) is 16.6. The van der Waals surface area contributed by atoms with Crippen molar-refractivity contribution in [2.75, 3.05) is 18.5 Å². The van der Waals surface area contributed by atoms with Gasteiger partial charge in [-0.25, -0.2) is 4.79 Å². The standard InChI is InChI=1S/C16H19BrN2O2/c1-5-18-15-11(16(20)21-6-2)8-19-12-7-9(3)14(17)10(4)13(12)15/h7-8H,5-6H2,1-4H3,(H,18,19). The van der Waals surface area contributed by atoms with Crippen molar-refractivity contribution < 1.29 is 9.53 Å². The van der Waals surface area contributed by atoms with Crippen molar-refractivity contribution in [3.05, 3.63) is 33.4 Å². The molecule has 0 saturated carbocycles. The fraction of sp³-hybridized carbons (Fsp3) is 0.375. The topological polar surface area (TPSA) is 51.2 Å². The summed E-state index contributed by atoms with van der Waals surface area (Å²) in [5.74, 6) is -0.348. The first kappa shape index (κ1) is 15.8. The van der Waals surface area contributed by atoms with Gasteiger partial charge in [-0.15, -0.1) is 0 Å². The molecule has 0 radical (unpaired) electrons. The van der Waals surface area contributed by atoms with Crippen LogP contribution >= 0.6 is 15.9 Å². The quantitative estimate of drug-likeness (QED) is 0.838. The van der Waals surface area contributed by atoms with Gasteiger partial charge in [-0.2, -0.15) is 0 Å². The van der Waals surface area contributed by atoms with Crippen molar-refractivity contribution >= 4 is 38.5 Å². The Morgan fingerprint density at radius 3 is 2.71 bits per heavy atom. The van der Waals surface area contributed by atoms with Crippen LogP contribution in [0.5, 0.6) is 0 Å². The van der Waals surface area contributed by atoms with E-state index in [9.17, 15) is 4.79 Å². The molecule has 0 unspecified atom stereocenters. The zero-order valence-electron chi connectivity index (χ0n) is 12.7. The number of fused-ring (bicyclic) bond motifs is 1. The number of carbonyl (C=O) groups is 1. The highest BCUT2D eigenvalue weighted by Crippen LogP contribution is 2.35. The third kappa shape index (κ3) is 2.88. The zero-order valence-corrected chi connectivity index (χ0v) is 14.3. The number of ether oxygens (including phenoxy) is 1. The number of hydrogen-bond acceptors (Lipinski definition) is 4. The van der Waals surface area contributed by atoms with Crippen molar-refractivity contribution in [1.82, 2.24) is 4.98 Å². The largest absolute Gasteiger partial charge is 0.462 e.